The van der Waals surface area contributed by atoms with Crippen LogP contribution in [0.3, 0.4) is 0 Å². The zero-order valence-electron chi connectivity index (χ0n) is 20.6. The first kappa shape index (κ1) is 24.0. The van der Waals surface area contributed by atoms with E-state index in [4.69, 9.17) is 9.72 Å². The van der Waals surface area contributed by atoms with Crippen molar-refractivity contribution in [1.82, 2.24) is 20.3 Å². The van der Waals surface area contributed by atoms with Gasteiger partial charge in [-0.15, -0.1) is 0 Å². The zero-order chi connectivity index (χ0) is 23.8. The molecular weight excluding hydrogens is 420 g/mol. The number of aryl methyl sites for hydroxylation is 3. The van der Waals surface area contributed by atoms with Crippen LogP contribution < -0.4 is 10.1 Å². The summed E-state index contributed by atoms with van der Waals surface area (Å²) >= 11 is 0. The first-order valence-corrected chi connectivity index (χ1v) is 12.5. The van der Waals surface area contributed by atoms with Crippen molar-refractivity contribution < 1.29 is 4.74 Å². The molecule has 3 heterocycles. The normalized spacial score (nSPS) is 11.4. The van der Waals surface area contributed by atoms with E-state index in [-0.39, 0.29) is 0 Å². The molecule has 4 aromatic rings. The van der Waals surface area contributed by atoms with Gasteiger partial charge in [0.05, 0.1) is 6.20 Å². The Hall–Kier alpha value is -3.18. The van der Waals surface area contributed by atoms with Crippen LogP contribution in [0.5, 0.6) is 5.75 Å². The van der Waals surface area contributed by atoms with Gasteiger partial charge in [-0.2, -0.15) is 0 Å². The second kappa shape index (κ2) is 11.8. The van der Waals surface area contributed by atoms with E-state index in [0.29, 0.717) is 12.6 Å². The lowest BCUT2D eigenvalue weighted by Gasteiger charge is -2.14. The van der Waals surface area contributed by atoms with Gasteiger partial charge in [-0.3, -0.25) is 4.98 Å². The summed E-state index contributed by atoms with van der Waals surface area (Å²) in [5.41, 5.74) is 7.07. The number of aromatic amines is 1. The van der Waals surface area contributed by atoms with Crippen molar-refractivity contribution >= 4 is 11.0 Å². The van der Waals surface area contributed by atoms with Crippen molar-refractivity contribution in [2.24, 2.45) is 0 Å². The summed E-state index contributed by atoms with van der Waals surface area (Å²) in [6.07, 6.45) is 10.9. The van der Waals surface area contributed by atoms with Gasteiger partial charge in [-0.05, 0) is 61.4 Å². The van der Waals surface area contributed by atoms with Gasteiger partial charge in [0.15, 0.2) is 0 Å². The maximum atomic E-state index is 5.96. The molecule has 5 nitrogen and oxygen atoms in total. The summed E-state index contributed by atoms with van der Waals surface area (Å²) in [5, 5.41) is 4.64. The average molecular weight is 457 g/mol. The maximum absolute atomic E-state index is 5.96. The second-order valence-corrected chi connectivity index (χ2v) is 9.02. The number of benzene rings is 1. The molecule has 4 rings (SSSR count). The number of hydrogen-bond acceptors (Lipinski definition) is 4. The Morgan fingerprint density at radius 3 is 2.47 bits per heavy atom. The molecule has 1 aromatic carbocycles. The predicted octanol–water partition coefficient (Wildman–Crippen LogP) is 5.80. The molecule has 0 saturated heterocycles. The Bertz CT molecular complexity index is 1160. The number of aromatic nitrogens is 3. The number of fused-ring (bicyclic) bond motifs is 1. The summed E-state index contributed by atoms with van der Waals surface area (Å²) in [4.78, 5) is 12.5. The monoisotopic (exact) mass is 456 g/mol. The molecular formula is C29H36N4O. The minimum Gasteiger partial charge on any atom is -0.491 e. The Morgan fingerprint density at radius 2 is 1.74 bits per heavy atom. The van der Waals surface area contributed by atoms with Crippen LogP contribution in [0.4, 0.5) is 0 Å². The van der Waals surface area contributed by atoms with Gasteiger partial charge in [0.25, 0.3) is 0 Å². The molecule has 0 aliphatic heterocycles. The van der Waals surface area contributed by atoms with Gasteiger partial charge in [0.2, 0.25) is 0 Å². The minimum absolute atomic E-state index is 0.558. The molecule has 0 unspecified atom stereocenters. The number of rotatable bonds is 12. The van der Waals surface area contributed by atoms with E-state index in [9.17, 15) is 0 Å². The van der Waals surface area contributed by atoms with Gasteiger partial charge < -0.3 is 15.0 Å². The fourth-order valence-corrected chi connectivity index (χ4v) is 4.23. The minimum atomic E-state index is 0.558. The van der Waals surface area contributed by atoms with E-state index in [1.165, 1.54) is 22.3 Å². The Balaban J connectivity index is 1.34. The number of hydrogen-bond donors (Lipinski definition) is 2. The summed E-state index contributed by atoms with van der Waals surface area (Å²) < 4.78 is 5.96. The smallest absolute Gasteiger partial charge is 0.138 e. The molecule has 3 aromatic heterocycles. The van der Waals surface area contributed by atoms with Crippen molar-refractivity contribution in [2.75, 3.05) is 13.2 Å². The van der Waals surface area contributed by atoms with Crippen LogP contribution in [0.1, 0.15) is 54.6 Å². The fourth-order valence-electron chi connectivity index (χ4n) is 4.23. The molecule has 0 fully saturated rings. The lowest BCUT2D eigenvalue weighted by molar-refractivity contribution is 0.302. The van der Waals surface area contributed by atoms with E-state index < -0.39 is 0 Å². The van der Waals surface area contributed by atoms with Crippen molar-refractivity contribution in [3.8, 4) is 5.75 Å². The molecule has 0 radical (unpaired) electrons. The summed E-state index contributed by atoms with van der Waals surface area (Å²) in [6.45, 7) is 8.02. The van der Waals surface area contributed by atoms with Crippen molar-refractivity contribution in [2.45, 2.75) is 58.9 Å². The number of ether oxygens (including phenoxy) is 1. The summed E-state index contributed by atoms with van der Waals surface area (Å²) in [7, 11) is 0. The molecule has 178 valence electrons. The van der Waals surface area contributed by atoms with Crippen LogP contribution in [0, 0.1) is 6.92 Å². The molecule has 0 spiro atoms. The standard InChI is InChI=1S/C29H36N4O/c1-4-25(5-2)30-14-15-34-27-17-28-24(19-32-29(28)33-20-27)16-23-11-13-26(31-18-23)12-10-22-8-6-21(3)7-9-22/h6-9,11,13,17-20,25,30H,4-5,10,12,14-16H2,1-3H3,(H,32,33). The van der Waals surface area contributed by atoms with Gasteiger partial charge in [-0.25, -0.2) is 4.98 Å². The molecule has 0 aliphatic carbocycles. The predicted molar refractivity (Wildman–Crippen MR) is 140 cm³/mol. The van der Waals surface area contributed by atoms with Crippen LogP contribution in [-0.4, -0.2) is 34.1 Å². The molecule has 0 atom stereocenters. The van der Waals surface area contributed by atoms with Gasteiger partial charge >= 0.3 is 0 Å². The lowest BCUT2D eigenvalue weighted by Crippen LogP contribution is -2.31. The molecule has 34 heavy (non-hydrogen) atoms. The maximum Gasteiger partial charge on any atom is 0.138 e. The molecule has 0 bridgehead atoms. The highest BCUT2D eigenvalue weighted by Gasteiger charge is 2.09. The third-order valence-electron chi connectivity index (χ3n) is 6.45. The number of pyridine rings is 2. The lowest BCUT2D eigenvalue weighted by atomic mass is 10.0. The Labute approximate surface area is 203 Å². The summed E-state index contributed by atoms with van der Waals surface area (Å²) in [6, 6.07) is 15.7. The van der Waals surface area contributed by atoms with Crippen LogP contribution in [0.25, 0.3) is 11.0 Å². The highest BCUT2D eigenvalue weighted by atomic mass is 16.5. The molecule has 0 amide bonds. The SMILES string of the molecule is CCC(CC)NCCOc1cnc2[nH]cc(Cc3ccc(CCc4ccc(C)cc4)nc3)c2c1. The zero-order valence-corrected chi connectivity index (χ0v) is 20.6. The van der Waals surface area contributed by atoms with Crippen molar-refractivity contribution in [1.29, 1.82) is 0 Å². The third-order valence-corrected chi connectivity index (χ3v) is 6.45. The van der Waals surface area contributed by atoms with Gasteiger partial charge in [-0.1, -0.05) is 49.7 Å². The van der Waals surface area contributed by atoms with E-state index in [2.05, 4.69) is 78.5 Å². The van der Waals surface area contributed by atoms with Crippen LogP contribution in [-0.2, 0) is 19.3 Å². The average Bonchev–Trinajstić information content (AvgIpc) is 3.26. The van der Waals surface area contributed by atoms with Crippen molar-refractivity contribution in [3.63, 3.8) is 0 Å². The number of nitrogens with zero attached hydrogens (tertiary/aromatic N) is 2. The van der Waals surface area contributed by atoms with E-state index in [1.807, 2.05) is 12.4 Å². The third kappa shape index (κ3) is 6.45. The van der Waals surface area contributed by atoms with Gasteiger partial charge in [0, 0.05) is 42.5 Å². The van der Waals surface area contributed by atoms with E-state index in [1.54, 1.807) is 6.20 Å². The van der Waals surface area contributed by atoms with Crippen molar-refractivity contribution in [3.05, 3.63) is 89.0 Å². The number of H-pyrrole nitrogens is 1. The largest absolute Gasteiger partial charge is 0.491 e. The molecule has 2 N–H and O–H groups in total. The van der Waals surface area contributed by atoms with Crippen LogP contribution in [0.2, 0.25) is 0 Å². The molecule has 0 aliphatic rings. The number of nitrogens with one attached hydrogen (secondary N) is 2. The fraction of sp³-hybridized carbons (Fsp3) is 0.379. The topological polar surface area (TPSA) is 62.8 Å². The quantitative estimate of drug-likeness (QED) is 0.265. The first-order valence-electron chi connectivity index (χ1n) is 12.5. The van der Waals surface area contributed by atoms with Gasteiger partial charge in [0.1, 0.15) is 18.0 Å². The Morgan fingerprint density at radius 1 is 0.941 bits per heavy atom. The van der Waals surface area contributed by atoms with E-state index in [0.717, 1.165) is 61.1 Å². The second-order valence-electron chi connectivity index (χ2n) is 9.02. The highest BCUT2D eigenvalue weighted by Crippen LogP contribution is 2.24. The highest BCUT2D eigenvalue weighted by molar-refractivity contribution is 5.81. The van der Waals surface area contributed by atoms with Crippen LogP contribution >= 0.6 is 0 Å². The van der Waals surface area contributed by atoms with Crippen LogP contribution in [0.15, 0.2) is 61.1 Å². The Kier molecular flexibility index (Phi) is 8.31. The first-order chi connectivity index (χ1) is 16.6. The molecule has 5 heteroatoms. The van der Waals surface area contributed by atoms with E-state index >= 15 is 0 Å². The molecule has 0 saturated carbocycles. The summed E-state index contributed by atoms with van der Waals surface area (Å²) in [5.74, 6) is 0.810.